The third-order valence-electron chi connectivity index (χ3n) is 6.41. The Kier molecular flexibility index (Phi) is 4.59. The number of hydrogen-bond acceptors (Lipinski definition) is 4. The fraction of sp³-hybridized carbons (Fsp3) is 0.524. The van der Waals surface area contributed by atoms with Gasteiger partial charge < -0.3 is 15.1 Å². The van der Waals surface area contributed by atoms with E-state index in [9.17, 15) is 19.2 Å². The van der Waals surface area contributed by atoms with Crippen LogP contribution in [-0.2, 0) is 14.4 Å². The van der Waals surface area contributed by atoms with E-state index < -0.39 is 5.54 Å². The third-order valence-corrected chi connectivity index (χ3v) is 6.41. The maximum atomic E-state index is 13.0. The van der Waals surface area contributed by atoms with Crippen LogP contribution in [0.15, 0.2) is 18.2 Å². The van der Waals surface area contributed by atoms with Crippen LogP contribution in [-0.4, -0.2) is 65.8 Å². The molecule has 0 bridgehead atoms. The minimum absolute atomic E-state index is 0.0383. The number of hydrogen-bond donors (Lipinski definition) is 1. The lowest BCUT2D eigenvalue weighted by Crippen LogP contribution is -2.56. The molecule has 0 radical (unpaired) electrons. The molecule has 3 heterocycles. The van der Waals surface area contributed by atoms with E-state index in [2.05, 4.69) is 5.32 Å². The number of carbonyl (C=O) groups excluding carboxylic acids is 4. The smallest absolute Gasteiger partial charge is 0.324 e. The second kappa shape index (κ2) is 6.86. The average Bonchev–Trinajstić information content (AvgIpc) is 3.16. The van der Waals surface area contributed by atoms with Crippen LogP contribution in [0.1, 0.15) is 30.4 Å². The van der Waals surface area contributed by atoms with Crippen LogP contribution >= 0.6 is 0 Å². The summed E-state index contributed by atoms with van der Waals surface area (Å²) in [5.41, 5.74) is 2.12. The van der Waals surface area contributed by atoms with E-state index >= 15 is 0 Å². The van der Waals surface area contributed by atoms with Crippen molar-refractivity contribution >= 4 is 29.4 Å². The standard InChI is InChI=1S/C21H26N4O4/c1-13-4-5-16(14(2)10-13)25-12-15(11-17(25)26)18(27)24-8-6-21(7-9-24)19(28)23(3)20(29)22-21/h4-5,10,15H,6-9,11-12H2,1-3H3,(H,22,29)/t15-/m1/s1. The number of carbonyl (C=O) groups is 4. The quantitative estimate of drug-likeness (QED) is 0.758. The summed E-state index contributed by atoms with van der Waals surface area (Å²) in [5.74, 6) is -0.699. The lowest BCUT2D eigenvalue weighted by atomic mass is 9.87. The topological polar surface area (TPSA) is 90.0 Å². The molecule has 1 aromatic rings. The number of amides is 5. The van der Waals surface area contributed by atoms with E-state index in [0.29, 0.717) is 32.5 Å². The van der Waals surface area contributed by atoms with Crippen LogP contribution in [0.4, 0.5) is 10.5 Å². The third kappa shape index (κ3) is 3.16. The lowest BCUT2D eigenvalue weighted by Gasteiger charge is -2.38. The second-order valence-corrected chi connectivity index (χ2v) is 8.40. The van der Waals surface area contributed by atoms with Gasteiger partial charge in [0, 0.05) is 38.8 Å². The van der Waals surface area contributed by atoms with E-state index in [-0.39, 0.29) is 36.1 Å². The van der Waals surface area contributed by atoms with Crippen molar-refractivity contribution in [3.8, 4) is 0 Å². The molecule has 8 heteroatoms. The summed E-state index contributed by atoms with van der Waals surface area (Å²) in [5, 5.41) is 2.78. The zero-order valence-electron chi connectivity index (χ0n) is 17.0. The summed E-state index contributed by atoms with van der Waals surface area (Å²) in [6, 6.07) is 5.55. The van der Waals surface area contributed by atoms with Crippen LogP contribution < -0.4 is 10.2 Å². The molecule has 29 heavy (non-hydrogen) atoms. The molecule has 5 amide bonds. The Morgan fingerprint density at radius 3 is 2.41 bits per heavy atom. The molecule has 0 aromatic heterocycles. The van der Waals surface area contributed by atoms with Gasteiger partial charge in [-0.05, 0) is 38.3 Å². The SMILES string of the molecule is Cc1ccc(N2C[C@H](C(=O)N3CCC4(CC3)NC(=O)N(C)C4=O)CC2=O)c(C)c1. The molecule has 1 aromatic carbocycles. The number of anilines is 1. The van der Waals surface area contributed by atoms with E-state index in [1.54, 1.807) is 9.80 Å². The van der Waals surface area contributed by atoms with Crippen molar-refractivity contribution in [3.05, 3.63) is 29.3 Å². The largest absolute Gasteiger partial charge is 0.342 e. The summed E-state index contributed by atoms with van der Waals surface area (Å²) in [4.78, 5) is 54.4. The molecule has 154 valence electrons. The van der Waals surface area contributed by atoms with E-state index in [0.717, 1.165) is 21.7 Å². The van der Waals surface area contributed by atoms with Crippen LogP contribution in [0, 0.1) is 19.8 Å². The zero-order chi connectivity index (χ0) is 20.9. The summed E-state index contributed by atoms with van der Waals surface area (Å²) < 4.78 is 0. The number of aryl methyl sites for hydroxylation is 2. The molecule has 1 N–H and O–H groups in total. The minimum Gasteiger partial charge on any atom is -0.342 e. The number of piperidine rings is 1. The van der Waals surface area contributed by atoms with Gasteiger partial charge >= 0.3 is 6.03 Å². The maximum absolute atomic E-state index is 13.0. The number of nitrogens with zero attached hydrogens (tertiary/aromatic N) is 3. The summed E-state index contributed by atoms with van der Waals surface area (Å²) in [6.45, 7) is 5.15. The molecule has 3 aliphatic heterocycles. The number of likely N-dealkylation sites (N-methyl/N-ethyl adjacent to an activating group) is 1. The van der Waals surface area contributed by atoms with Gasteiger partial charge in [0.05, 0.1) is 5.92 Å². The van der Waals surface area contributed by atoms with Crippen molar-refractivity contribution in [1.82, 2.24) is 15.1 Å². The number of rotatable bonds is 2. The first-order valence-corrected chi connectivity index (χ1v) is 9.98. The highest BCUT2D eigenvalue weighted by Crippen LogP contribution is 2.32. The fourth-order valence-electron chi connectivity index (χ4n) is 4.68. The number of benzene rings is 1. The van der Waals surface area contributed by atoms with Crippen molar-refractivity contribution in [3.63, 3.8) is 0 Å². The average molecular weight is 398 g/mol. The predicted octanol–water partition coefficient (Wildman–Crippen LogP) is 1.20. The monoisotopic (exact) mass is 398 g/mol. The van der Waals surface area contributed by atoms with Crippen LogP contribution in [0.5, 0.6) is 0 Å². The van der Waals surface area contributed by atoms with Crippen molar-refractivity contribution in [2.75, 3.05) is 31.6 Å². The van der Waals surface area contributed by atoms with Gasteiger partial charge in [-0.25, -0.2) is 4.79 Å². The summed E-state index contributed by atoms with van der Waals surface area (Å²) in [7, 11) is 1.47. The molecular weight excluding hydrogens is 372 g/mol. The van der Waals surface area contributed by atoms with Crippen LogP contribution in [0.2, 0.25) is 0 Å². The molecule has 8 nitrogen and oxygen atoms in total. The van der Waals surface area contributed by atoms with Crippen LogP contribution in [0.3, 0.4) is 0 Å². The van der Waals surface area contributed by atoms with E-state index in [1.165, 1.54) is 7.05 Å². The molecule has 0 aliphatic carbocycles. The number of urea groups is 1. The molecule has 1 atom stereocenters. The first-order valence-electron chi connectivity index (χ1n) is 9.98. The summed E-state index contributed by atoms with van der Waals surface area (Å²) >= 11 is 0. The Bertz CT molecular complexity index is 904. The van der Waals surface area contributed by atoms with Gasteiger partial charge in [-0.1, -0.05) is 17.7 Å². The van der Waals surface area contributed by atoms with Crippen molar-refractivity contribution in [2.45, 2.75) is 38.6 Å². The summed E-state index contributed by atoms with van der Waals surface area (Å²) in [6.07, 6.45) is 0.996. The minimum atomic E-state index is -0.890. The van der Waals surface area contributed by atoms with Gasteiger partial charge in [-0.2, -0.15) is 0 Å². The highest BCUT2D eigenvalue weighted by Gasteiger charge is 2.52. The van der Waals surface area contributed by atoms with E-state index in [1.807, 2.05) is 32.0 Å². The van der Waals surface area contributed by atoms with Gasteiger partial charge in [0.1, 0.15) is 5.54 Å². The molecule has 3 fully saturated rings. The molecule has 0 saturated carbocycles. The predicted molar refractivity (Wildman–Crippen MR) is 106 cm³/mol. The Morgan fingerprint density at radius 2 is 1.83 bits per heavy atom. The first-order chi connectivity index (χ1) is 13.7. The lowest BCUT2D eigenvalue weighted by molar-refractivity contribution is -0.140. The zero-order valence-corrected chi connectivity index (χ0v) is 17.0. The highest BCUT2D eigenvalue weighted by atomic mass is 16.2. The molecule has 3 saturated heterocycles. The van der Waals surface area contributed by atoms with Crippen molar-refractivity contribution in [2.24, 2.45) is 5.92 Å². The van der Waals surface area contributed by atoms with Gasteiger partial charge in [0.2, 0.25) is 11.8 Å². The van der Waals surface area contributed by atoms with E-state index in [4.69, 9.17) is 0 Å². The Hall–Kier alpha value is -2.90. The molecule has 4 rings (SSSR count). The van der Waals surface area contributed by atoms with Crippen LogP contribution in [0.25, 0.3) is 0 Å². The van der Waals surface area contributed by atoms with Gasteiger partial charge in [-0.15, -0.1) is 0 Å². The molecular formula is C21H26N4O4. The first kappa shape index (κ1) is 19.4. The normalized spacial score (nSPS) is 23.9. The Labute approximate surface area is 169 Å². The maximum Gasteiger partial charge on any atom is 0.324 e. The van der Waals surface area contributed by atoms with Gasteiger partial charge in [0.15, 0.2) is 0 Å². The number of nitrogens with one attached hydrogen (secondary N) is 1. The van der Waals surface area contributed by atoms with Gasteiger partial charge in [-0.3, -0.25) is 19.3 Å². The Morgan fingerprint density at radius 1 is 1.14 bits per heavy atom. The molecule has 1 spiro atoms. The van der Waals surface area contributed by atoms with Gasteiger partial charge in [0.25, 0.3) is 5.91 Å². The van der Waals surface area contributed by atoms with Crippen molar-refractivity contribution in [1.29, 1.82) is 0 Å². The fourth-order valence-corrected chi connectivity index (χ4v) is 4.68. The highest BCUT2D eigenvalue weighted by molar-refractivity contribution is 6.07. The second-order valence-electron chi connectivity index (χ2n) is 8.40. The number of imide groups is 1. The van der Waals surface area contributed by atoms with Crippen molar-refractivity contribution < 1.29 is 19.2 Å². The molecule has 3 aliphatic rings. The Balaban J connectivity index is 1.42. The number of likely N-dealkylation sites (tertiary alicyclic amines) is 1. The molecule has 0 unspecified atom stereocenters.